The Morgan fingerprint density at radius 2 is 1.14 bits per heavy atom. The van der Waals surface area contributed by atoms with E-state index in [0.29, 0.717) is 0 Å². The van der Waals surface area contributed by atoms with Crippen molar-refractivity contribution in [1.82, 2.24) is 0 Å². The average molecular weight is 217 g/mol. The van der Waals surface area contributed by atoms with Crippen LogP contribution in [0, 0.1) is 23.3 Å². The van der Waals surface area contributed by atoms with E-state index in [1.165, 1.54) is 0 Å². The first-order chi connectivity index (χ1) is 6.25. The summed E-state index contributed by atoms with van der Waals surface area (Å²) in [6.45, 7) is -6.12. The second kappa shape index (κ2) is 3.18. The molecule has 0 unspecified atom stereocenters. The zero-order valence-corrected chi connectivity index (χ0v) is 6.30. The lowest BCUT2D eigenvalue weighted by Gasteiger charge is -2.17. The highest BCUT2D eigenvalue weighted by atomic mass is 19.4. The van der Waals surface area contributed by atoms with Crippen LogP contribution in [0.3, 0.4) is 0 Å². The van der Waals surface area contributed by atoms with Gasteiger partial charge in [-0.25, -0.2) is 17.6 Å². The monoisotopic (exact) mass is 217 g/mol. The van der Waals surface area contributed by atoms with Gasteiger partial charge in [0.25, 0.3) is 0 Å². The van der Waals surface area contributed by atoms with Crippen LogP contribution >= 0.6 is 0 Å². The fourth-order valence-electron chi connectivity index (χ4n) is 0.879. The van der Waals surface area contributed by atoms with Crippen molar-refractivity contribution >= 4 is 12.4 Å². The minimum Gasteiger partial charge on any atom is -0.445 e. The van der Waals surface area contributed by atoms with E-state index in [4.69, 9.17) is 0 Å². The highest BCUT2D eigenvalue weighted by Crippen LogP contribution is 2.18. The number of hydrogen-bond acceptors (Lipinski definition) is 0. The van der Waals surface area contributed by atoms with Crippen molar-refractivity contribution in [3.63, 3.8) is 0 Å². The standard InChI is InChI=1S/C6HBF7/c8-2-1-3(9)6(11)4(5(2)10)7(12,13)14/h1H/q-1. The van der Waals surface area contributed by atoms with E-state index in [1.807, 2.05) is 0 Å². The largest absolute Gasteiger partial charge is 0.515 e. The Bertz CT molecular complexity index is 343. The first-order valence-electron chi connectivity index (χ1n) is 3.28. The first kappa shape index (κ1) is 10.9. The third-order valence-electron chi connectivity index (χ3n) is 1.47. The summed E-state index contributed by atoms with van der Waals surface area (Å²) in [5.41, 5.74) is -2.50. The summed E-state index contributed by atoms with van der Waals surface area (Å²) in [6, 6.07) is -0.282. The Morgan fingerprint density at radius 1 is 0.786 bits per heavy atom. The summed E-state index contributed by atoms with van der Waals surface area (Å²) in [5, 5.41) is 0. The fourth-order valence-corrected chi connectivity index (χ4v) is 0.879. The topological polar surface area (TPSA) is 0 Å². The summed E-state index contributed by atoms with van der Waals surface area (Å²) in [6.07, 6.45) is 0. The smallest absolute Gasteiger partial charge is 0.445 e. The van der Waals surface area contributed by atoms with Crippen LogP contribution in [0.2, 0.25) is 0 Å². The molecule has 0 nitrogen and oxygen atoms in total. The molecule has 78 valence electrons. The van der Waals surface area contributed by atoms with Gasteiger partial charge in [-0.3, -0.25) is 0 Å². The highest BCUT2D eigenvalue weighted by molar-refractivity contribution is 6.73. The molecule has 0 heterocycles. The van der Waals surface area contributed by atoms with E-state index < -0.39 is 35.7 Å². The minimum absolute atomic E-state index is 0.282. The zero-order valence-electron chi connectivity index (χ0n) is 6.30. The van der Waals surface area contributed by atoms with Crippen molar-refractivity contribution in [2.75, 3.05) is 0 Å². The average Bonchev–Trinajstić information content (AvgIpc) is 1.98. The van der Waals surface area contributed by atoms with E-state index in [9.17, 15) is 30.5 Å². The quantitative estimate of drug-likeness (QED) is 0.384. The van der Waals surface area contributed by atoms with Gasteiger partial charge in [0.15, 0.2) is 11.6 Å². The predicted octanol–water partition coefficient (Wildman–Crippen LogP) is 2.30. The number of rotatable bonds is 1. The SMILES string of the molecule is Fc1cc(F)c(F)c([B-](F)(F)F)c1F. The Hall–Kier alpha value is -1.21. The van der Waals surface area contributed by atoms with Gasteiger partial charge in [-0.15, -0.1) is 0 Å². The molecule has 0 spiro atoms. The van der Waals surface area contributed by atoms with Gasteiger partial charge in [0.2, 0.25) is 0 Å². The van der Waals surface area contributed by atoms with Crippen molar-refractivity contribution in [3.8, 4) is 0 Å². The van der Waals surface area contributed by atoms with Crippen molar-refractivity contribution in [1.29, 1.82) is 0 Å². The molecule has 0 fully saturated rings. The van der Waals surface area contributed by atoms with Crippen LogP contribution in [0.5, 0.6) is 0 Å². The molecule has 0 saturated heterocycles. The lowest BCUT2D eigenvalue weighted by Crippen LogP contribution is -2.40. The zero-order chi connectivity index (χ0) is 11.1. The molecule has 0 bridgehead atoms. The molecule has 14 heavy (non-hydrogen) atoms. The molecule has 0 amide bonds. The summed E-state index contributed by atoms with van der Waals surface area (Å²) in [7, 11) is 0. The minimum atomic E-state index is -6.12. The molecule has 0 aliphatic heterocycles. The number of hydrogen-bond donors (Lipinski definition) is 0. The lowest BCUT2D eigenvalue weighted by atomic mass is 9.79. The fraction of sp³-hybridized carbons (Fsp3) is 0. The summed E-state index contributed by atoms with van der Waals surface area (Å²) >= 11 is 0. The molecule has 0 atom stereocenters. The maximum Gasteiger partial charge on any atom is 0.515 e. The van der Waals surface area contributed by atoms with E-state index in [-0.39, 0.29) is 6.07 Å². The molecule has 0 aromatic heterocycles. The number of benzene rings is 1. The van der Waals surface area contributed by atoms with Crippen LogP contribution in [0.1, 0.15) is 0 Å². The van der Waals surface area contributed by atoms with Gasteiger partial charge in [-0.2, -0.15) is 0 Å². The van der Waals surface area contributed by atoms with Gasteiger partial charge in [-0.1, -0.05) is 0 Å². The molecule has 1 aromatic rings. The molecule has 1 rings (SSSR count). The normalized spacial score (nSPS) is 11.9. The maximum absolute atomic E-state index is 12.5. The third kappa shape index (κ3) is 1.68. The summed E-state index contributed by atoms with van der Waals surface area (Å²) in [4.78, 5) is 0. The maximum atomic E-state index is 12.5. The van der Waals surface area contributed by atoms with Crippen LogP contribution in [-0.2, 0) is 0 Å². The van der Waals surface area contributed by atoms with E-state index >= 15 is 0 Å². The van der Waals surface area contributed by atoms with Crippen LogP contribution in [0.4, 0.5) is 30.5 Å². The van der Waals surface area contributed by atoms with Crippen molar-refractivity contribution in [2.45, 2.75) is 0 Å². The molecule has 0 N–H and O–H groups in total. The van der Waals surface area contributed by atoms with Gasteiger partial charge in [0, 0.05) is 6.07 Å². The Morgan fingerprint density at radius 3 is 1.43 bits per heavy atom. The van der Waals surface area contributed by atoms with Gasteiger partial charge in [0.05, 0.1) is 0 Å². The summed E-state index contributed by atoms with van der Waals surface area (Å²) < 4.78 is 85.2. The molecule has 0 radical (unpaired) electrons. The van der Waals surface area contributed by atoms with Crippen LogP contribution in [0.25, 0.3) is 0 Å². The third-order valence-corrected chi connectivity index (χ3v) is 1.47. The Balaban J connectivity index is 3.56. The molecule has 0 aliphatic rings. The van der Waals surface area contributed by atoms with E-state index in [0.717, 1.165) is 0 Å². The second-order valence-electron chi connectivity index (χ2n) is 2.46. The second-order valence-corrected chi connectivity index (χ2v) is 2.46. The van der Waals surface area contributed by atoms with Crippen LogP contribution < -0.4 is 5.46 Å². The van der Waals surface area contributed by atoms with E-state index in [1.54, 1.807) is 0 Å². The van der Waals surface area contributed by atoms with Gasteiger partial charge >= 0.3 is 6.98 Å². The van der Waals surface area contributed by atoms with Crippen LogP contribution in [0.15, 0.2) is 6.07 Å². The van der Waals surface area contributed by atoms with E-state index in [2.05, 4.69) is 0 Å². The Kier molecular flexibility index (Phi) is 2.47. The molecule has 0 saturated carbocycles. The van der Waals surface area contributed by atoms with Crippen LogP contribution in [-0.4, -0.2) is 6.98 Å². The van der Waals surface area contributed by atoms with Crippen molar-refractivity contribution < 1.29 is 30.5 Å². The molecular weight excluding hydrogens is 216 g/mol. The Labute approximate surface area is 73.4 Å². The summed E-state index contributed by atoms with van der Waals surface area (Å²) in [5.74, 6) is -8.98. The molecule has 8 heteroatoms. The van der Waals surface area contributed by atoms with Crippen molar-refractivity contribution in [2.24, 2.45) is 0 Å². The van der Waals surface area contributed by atoms with Gasteiger partial charge < -0.3 is 12.9 Å². The highest BCUT2D eigenvalue weighted by Gasteiger charge is 2.35. The molecule has 0 aliphatic carbocycles. The predicted molar refractivity (Wildman–Crippen MR) is 35.0 cm³/mol. The lowest BCUT2D eigenvalue weighted by molar-refractivity contribution is 0.440. The first-order valence-corrected chi connectivity index (χ1v) is 3.28. The molecular formula is C6HBF7-. The van der Waals surface area contributed by atoms with Crippen molar-refractivity contribution in [3.05, 3.63) is 29.3 Å². The van der Waals surface area contributed by atoms with Gasteiger partial charge in [-0.05, 0) is 5.46 Å². The molecule has 1 aromatic carbocycles. The number of halogens is 7. The van der Waals surface area contributed by atoms with Gasteiger partial charge in [0.1, 0.15) is 11.6 Å².